The predicted molar refractivity (Wildman–Crippen MR) is 162 cm³/mol. The third-order valence-electron chi connectivity index (χ3n) is 9.44. The van der Waals surface area contributed by atoms with Crippen LogP contribution >= 0.6 is 0 Å². The number of hydrogen-bond acceptors (Lipinski definition) is 6. The molecule has 3 aliphatic rings. The van der Waals surface area contributed by atoms with E-state index in [0.717, 1.165) is 23.6 Å². The number of nitrogens with zero attached hydrogens (tertiary/aromatic N) is 2. The van der Waals surface area contributed by atoms with Gasteiger partial charge in [-0.05, 0) is 55.0 Å². The highest BCUT2D eigenvalue weighted by Crippen LogP contribution is 2.64. The van der Waals surface area contributed by atoms with Gasteiger partial charge in [-0.15, -0.1) is 6.58 Å². The van der Waals surface area contributed by atoms with Gasteiger partial charge in [-0.1, -0.05) is 68.8 Å². The number of anilines is 1. The van der Waals surface area contributed by atoms with Crippen molar-refractivity contribution in [1.82, 2.24) is 4.90 Å². The van der Waals surface area contributed by atoms with Gasteiger partial charge in [0.2, 0.25) is 5.91 Å². The molecule has 0 radical (unpaired) electrons. The highest BCUT2D eigenvalue weighted by Gasteiger charge is 2.79. The first-order chi connectivity index (χ1) is 20.4. The van der Waals surface area contributed by atoms with Crippen molar-refractivity contribution in [3.8, 4) is 0 Å². The third-order valence-corrected chi connectivity index (χ3v) is 9.44. The molecule has 2 unspecified atom stereocenters. The van der Waals surface area contributed by atoms with Gasteiger partial charge in [0.1, 0.15) is 24.2 Å². The molecule has 224 valence electrons. The van der Waals surface area contributed by atoms with E-state index >= 15 is 0 Å². The summed E-state index contributed by atoms with van der Waals surface area (Å²) in [6.45, 7) is 10.3. The number of benzene rings is 2. The lowest BCUT2D eigenvalue weighted by Crippen LogP contribution is -2.56. The van der Waals surface area contributed by atoms with Crippen molar-refractivity contribution in [2.45, 2.75) is 69.1 Å². The second-order valence-corrected chi connectivity index (χ2v) is 11.7. The summed E-state index contributed by atoms with van der Waals surface area (Å²) in [4.78, 5) is 45.9. The maximum Gasteiger partial charge on any atom is 0.313 e. The summed E-state index contributed by atoms with van der Waals surface area (Å²) in [6, 6.07) is 13.0. The SMILES string of the molecule is C=CCOC(=O)[C@@H]1[C@H]2C(=O)N(CCCCCCO)C(C(=O)N(CC=C)c3ccc4ccccc4c3)C23CC[C@@]1(CC)O3. The van der Waals surface area contributed by atoms with Crippen molar-refractivity contribution < 1.29 is 29.0 Å². The Hall–Kier alpha value is -3.49. The lowest BCUT2D eigenvalue weighted by molar-refractivity contribution is -0.159. The Labute approximate surface area is 248 Å². The summed E-state index contributed by atoms with van der Waals surface area (Å²) in [5.41, 5.74) is -1.26. The van der Waals surface area contributed by atoms with Crippen molar-refractivity contribution in [2.24, 2.45) is 11.8 Å². The molecule has 2 aromatic carbocycles. The monoisotopic (exact) mass is 574 g/mol. The van der Waals surface area contributed by atoms with E-state index in [1.54, 1.807) is 15.9 Å². The van der Waals surface area contributed by atoms with Gasteiger partial charge >= 0.3 is 5.97 Å². The number of rotatable bonds is 14. The van der Waals surface area contributed by atoms with Crippen molar-refractivity contribution in [2.75, 3.05) is 31.2 Å². The molecule has 2 aromatic rings. The number of carbonyl (C=O) groups is 3. The van der Waals surface area contributed by atoms with Crippen LogP contribution in [-0.4, -0.2) is 71.3 Å². The van der Waals surface area contributed by atoms with Crippen LogP contribution in [0.3, 0.4) is 0 Å². The van der Waals surface area contributed by atoms with Crippen molar-refractivity contribution in [3.05, 3.63) is 67.8 Å². The van der Waals surface area contributed by atoms with Crippen LogP contribution in [-0.2, 0) is 23.9 Å². The van der Waals surface area contributed by atoms with Gasteiger partial charge < -0.3 is 24.4 Å². The van der Waals surface area contributed by atoms with E-state index < -0.39 is 35.0 Å². The van der Waals surface area contributed by atoms with Crippen LogP contribution in [0.4, 0.5) is 5.69 Å². The van der Waals surface area contributed by atoms with Crippen LogP contribution in [0, 0.1) is 11.8 Å². The summed E-state index contributed by atoms with van der Waals surface area (Å²) in [5.74, 6) is -2.50. The number of aliphatic hydroxyl groups excluding tert-OH is 1. The molecule has 0 saturated carbocycles. The zero-order valence-electron chi connectivity index (χ0n) is 24.5. The molecule has 0 aliphatic carbocycles. The number of ether oxygens (including phenoxy) is 2. The molecule has 5 rings (SSSR count). The number of carbonyl (C=O) groups excluding carboxylic acids is 3. The maximum atomic E-state index is 14.8. The quantitative estimate of drug-likeness (QED) is 0.198. The van der Waals surface area contributed by atoms with E-state index in [-0.39, 0.29) is 31.6 Å². The van der Waals surface area contributed by atoms with Crippen LogP contribution in [0.2, 0.25) is 0 Å². The van der Waals surface area contributed by atoms with Crippen LogP contribution < -0.4 is 4.90 Å². The van der Waals surface area contributed by atoms with Crippen LogP contribution in [0.25, 0.3) is 10.8 Å². The molecule has 42 heavy (non-hydrogen) atoms. The van der Waals surface area contributed by atoms with Gasteiger partial charge in [0.15, 0.2) is 0 Å². The minimum Gasteiger partial charge on any atom is -0.461 e. The molecule has 8 heteroatoms. The summed E-state index contributed by atoms with van der Waals surface area (Å²) in [5, 5.41) is 11.3. The lowest BCUT2D eigenvalue weighted by atomic mass is 9.65. The Balaban J connectivity index is 1.55. The van der Waals surface area contributed by atoms with E-state index in [2.05, 4.69) is 13.2 Å². The Morgan fingerprint density at radius 2 is 1.86 bits per heavy atom. The molecule has 0 aromatic heterocycles. The average Bonchev–Trinajstić information content (AvgIpc) is 3.61. The van der Waals surface area contributed by atoms with Gasteiger partial charge in [-0.2, -0.15) is 0 Å². The first-order valence-electron chi connectivity index (χ1n) is 15.2. The van der Waals surface area contributed by atoms with Gasteiger partial charge in [-0.3, -0.25) is 14.4 Å². The van der Waals surface area contributed by atoms with Crippen molar-refractivity contribution in [1.29, 1.82) is 0 Å². The molecule has 1 N–H and O–H groups in total. The molecule has 8 nitrogen and oxygen atoms in total. The van der Waals surface area contributed by atoms with Crippen molar-refractivity contribution in [3.63, 3.8) is 0 Å². The first-order valence-corrected chi connectivity index (χ1v) is 15.2. The normalized spacial score (nSPS) is 27.7. The molecule has 3 heterocycles. The highest BCUT2D eigenvalue weighted by molar-refractivity contribution is 6.05. The number of fused-ring (bicyclic) bond motifs is 2. The van der Waals surface area contributed by atoms with Gasteiger partial charge in [0.25, 0.3) is 5.91 Å². The smallest absolute Gasteiger partial charge is 0.313 e. The van der Waals surface area contributed by atoms with Gasteiger partial charge in [0.05, 0.1) is 11.5 Å². The summed E-state index contributed by atoms with van der Waals surface area (Å²) in [6.07, 6.45) is 7.85. The number of amides is 2. The zero-order chi connectivity index (χ0) is 29.9. The predicted octanol–water partition coefficient (Wildman–Crippen LogP) is 4.80. The fourth-order valence-electron chi connectivity index (χ4n) is 7.52. The van der Waals surface area contributed by atoms with Crippen LogP contribution in [0.15, 0.2) is 67.8 Å². The fraction of sp³-hybridized carbons (Fsp3) is 0.500. The number of aliphatic hydroxyl groups is 1. The zero-order valence-corrected chi connectivity index (χ0v) is 24.5. The molecule has 3 fully saturated rings. The molecule has 2 amide bonds. The lowest BCUT2D eigenvalue weighted by Gasteiger charge is -2.37. The number of unbranched alkanes of at least 4 members (excludes halogenated alkanes) is 3. The van der Waals surface area contributed by atoms with Crippen LogP contribution in [0.1, 0.15) is 51.9 Å². The van der Waals surface area contributed by atoms with E-state index in [4.69, 9.17) is 9.47 Å². The Morgan fingerprint density at radius 1 is 1.10 bits per heavy atom. The maximum absolute atomic E-state index is 14.8. The Kier molecular flexibility index (Phi) is 8.85. The summed E-state index contributed by atoms with van der Waals surface area (Å²) >= 11 is 0. The fourth-order valence-corrected chi connectivity index (χ4v) is 7.52. The summed E-state index contributed by atoms with van der Waals surface area (Å²) < 4.78 is 12.4. The topological polar surface area (TPSA) is 96.4 Å². The van der Waals surface area contributed by atoms with Crippen LogP contribution in [0.5, 0.6) is 0 Å². The molecule has 3 saturated heterocycles. The van der Waals surface area contributed by atoms with E-state index in [1.807, 2.05) is 49.4 Å². The van der Waals surface area contributed by atoms with E-state index in [0.29, 0.717) is 44.3 Å². The molecule has 5 atom stereocenters. The minimum absolute atomic E-state index is 0.0506. The average molecular weight is 575 g/mol. The molecule has 3 aliphatic heterocycles. The van der Waals surface area contributed by atoms with Gasteiger partial charge in [-0.25, -0.2) is 0 Å². The van der Waals surface area contributed by atoms with E-state index in [9.17, 15) is 19.5 Å². The second-order valence-electron chi connectivity index (χ2n) is 11.7. The molecular weight excluding hydrogens is 532 g/mol. The molecular formula is C34H42N2O6. The first kappa shape index (κ1) is 30.0. The third kappa shape index (κ3) is 4.94. The highest BCUT2D eigenvalue weighted by atomic mass is 16.6. The second kappa shape index (κ2) is 12.4. The summed E-state index contributed by atoms with van der Waals surface area (Å²) in [7, 11) is 0. The molecule has 2 bridgehead atoms. The number of likely N-dealkylation sites (tertiary alicyclic amines) is 1. The van der Waals surface area contributed by atoms with E-state index in [1.165, 1.54) is 6.08 Å². The Bertz CT molecular complexity index is 1360. The largest absolute Gasteiger partial charge is 0.461 e. The number of hydrogen-bond donors (Lipinski definition) is 1. The minimum atomic E-state index is -1.12. The number of esters is 1. The molecule has 1 spiro atoms. The van der Waals surface area contributed by atoms with Crippen molar-refractivity contribution >= 4 is 34.2 Å². The Morgan fingerprint density at radius 3 is 2.57 bits per heavy atom. The van der Waals surface area contributed by atoms with Gasteiger partial charge in [0, 0.05) is 25.4 Å². The standard InChI is InChI=1S/C34H42N2O6/c1-4-19-35(26-16-15-24-13-9-10-14-25(24)23-26)31(39)29-34-18-17-33(6-3,42-34)28(32(40)41-22-5-2)27(34)30(38)36(29)20-11-7-8-12-21-37/h4-5,9-10,13-16,23,27-29,37H,1-2,6-8,11-12,17-22H2,3H3/t27-,28-,29?,33+,34?/m0/s1.